The molecule has 1 N–H and O–H groups in total. The van der Waals surface area contributed by atoms with E-state index in [4.69, 9.17) is 0 Å². The Morgan fingerprint density at radius 2 is 2.12 bits per heavy atom. The molecule has 90 valence electrons. The molecule has 1 saturated carbocycles. The first-order valence-electron chi connectivity index (χ1n) is 6.44. The van der Waals surface area contributed by atoms with Crippen LogP contribution in [0.3, 0.4) is 0 Å². The van der Waals surface area contributed by atoms with Crippen molar-refractivity contribution in [1.82, 2.24) is 0 Å². The zero-order chi connectivity index (χ0) is 11.9. The second kappa shape index (κ2) is 4.03. The Balaban J connectivity index is 2.18. The number of allylic oxidation sites excluding steroid dienone is 1. The molecule has 0 aromatic carbocycles. The molecule has 2 aliphatic carbocycles. The molecule has 0 saturated heterocycles. The fourth-order valence-corrected chi connectivity index (χ4v) is 3.42. The van der Waals surface area contributed by atoms with Crippen LogP contribution in [0.1, 0.15) is 46.5 Å². The lowest BCUT2D eigenvalue weighted by Gasteiger charge is -2.53. The first kappa shape index (κ1) is 11.9. The fraction of sp³-hybridized carbons (Fsp3) is 0.733. The lowest BCUT2D eigenvalue weighted by molar-refractivity contribution is -0.00615. The molecular formula is C15H24O. The highest BCUT2D eigenvalue weighted by Crippen LogP contribution is 2.56. The smallest absolute Gasteiger partial charge is 0.0784 e. The van der Waals surface area contributed by atoms with E-state index in [1.54, 1.807) is 0 Å². The van der Waals surface area contributed by atoms with Gasteiger partial charge in [0.25, 0.3) is 0 Å². The van der Waals surface area contributed by atoms with E-state index in [1.807, 2.05) is 0 Å². The van der Waals surface area contributed by atoms with Crippen molar-refractivity contribution in [1.29, 1.82) is 0 Å². The number of rotatable bonds is 0. The molecule has 1 heteroatoms. The number of aliphatic hydroxyl groups is 1. The summed E-state index contributed by atoms with van der Waals surface area (Å²) in [4.78, 5) is 0. The molecule has 2 aliphatic rings. The highest BCUT2D eigenvalue weighted by atomic mass is 16.3. The lowest BCUT2D eigenvalue weighted by atomic mass is 9.52. The van der Waals surface area contributed by atoms with Crippen LogP contribution in [-0.2, 0) is 0 Å². The number of hydrogen-bond acceptors (Lipinski definition) is 1. The Labute approximate surface area is 99.3 Å². The average molecular weight is 220 g/mol. The van der Waals surface area contributed by atoms with Gasteiger partial charge in [0.2, 0.25) is 0 Å². The molecule has 3 atom stereocenters. The van der Waals surface area contributed by atoms with Crippen LogP contribution in [0.2, 0.25) is 0 Å². The zero-order valence-corrected chi connectivity index (χ0v) is 10.8. The lowest BCUT2D eigenvalue weighted by Crippen LogP contribution is -2.46. The molecule has 0 heterocycles. The molecule has 0 bridgehead atoms. The summed E-state index contributed by atoms with van der Waals surface area (Å²) in [7, 11) is 0. The molecule has 1 nitrogen and oxygen atoms in total. The Hall–Kier alpha value is -0.560. The molecule has 0 radical (unpaired) electrons. The molecule has 1 fully saturated rings. The van der Waals surface area contributed by atoms with Gasteiger partial charge in [-0.15, -0.1) is 0 Å². The first-order valence-corrected chi connectivity index (χ1v) is 6.44. The summed E-state index contributed by atoms with van der Waals surface area (Å²) in [6.45, 7) is 11.0. The predicted molar refractivity (Wildman–Crippen MR) is 68.1 cm³/mol. The van der Waals surface area contributed by atoms with Gasteiger partial charge in [0, 0.05) is 0 Å². The highest BCUT2D eigenvalue weighted by molar-refractivity contribution is 5.19. The SMILES string of the molecule is C=C1C(O)C/C=C(/C)CCC2C1CC2(C)C. The summed E-state index contributed by atoms with van der Waals surface area (Å²) in [6.07, 6.45) is 6.27. The predicted octanol–water partition coefficient (Wildman–Crippen LogP) is 3.70. The third-order valence-corrected chi connectivity index (χ3v) is 4.68. The minimum absolute atomic E-state index is 0.323. The van der Waals surface area contributed by atoms with Crippen molar-refractivity contribution in [2.24, 2.45) is 17.3 Å². The van der Waals surface area contributed by atoms with Gasteiger partial charge in [-0.25, -0.2) is 0 Å². The monoisotopic (exact) mass is 220 g/mol. The van der Waals surface area contributed by atoms with Crippen molar-refractivity contribution >= 4 is 0 Å². The minimum atomic E-state index is -0.323. The maximum atomic E-state index is 10.1. The molecule has 0 spiro atoms. The topological polar surface area (TPSA) is 20.2 Å². The van der Waals surface area contributed by atoms with Crippen molar-refractivity contribution < 1.29 is 5.11 Å². The Morgan fingerprint density at radius 3 is 2.75 bits per heavy atom. The van der Waals surface area contributed by atoms with Crippen molar-refractivity contribution in [2.75, 3.05) is 0 Å². The van der Waals surface area contributed by atoms with E-state index in [-0.39, 0.29) is 6.10 Å². The summed E-state index contributed by atoms with van der Waals surface area (Å²) >= 11 is 0. The van der Waals surface area contributed by atoms with Crippen LogP contribution in [0.5, 0.6) is 0 Å². The van der Waals surface area contributed by atoms with Gasteiger partial charge in [-0.2, -0.15) is 0 Å². The van der Waals surface area contributed by atoms with Crippen LogP contribution >= 0.6 is 0 Å². The Morgan fingerprint density at radius 1 is 1.44 bits per heavy atom. The number of aliphatic hydroxyl groups excluding tert-OH is 1. The van der Waals surface area contributed by atoms with E-state index < -0.39 is 0 Å². The van der Waals surface area contributed by atoms with Crippen LogP contribution in [0, 0.1) is 17.3 Å². The van der Waals surface area contributed by atoms with Gasteiger partial charge >= 0.3 is 0 Å². The summed E-state index contributed by atoms with van der Waals surface area (Å²) in [6, 6.07) is 0. The van der Waals surface area contributed by atoms with Crippen molar-refractivity contribution in [2.45, 2.75) is 52.6 Å². The standard InChI is InChI=1S/C15H24O/c1-10-5-7-13-12(9-15(13,3)4)11(2)14(16)8-6-10/h6,12-14,16H,2,5,7-9H2,1,3-4H3/b10-6-. The quantitative estimate of drug-likeness (QED) is 0.617. The molecule has 0 aromatic heterocycles. The van der Waals surface area contributed by atoms with E-state index in [0.717, 1.165) is 17.9 Å². The van der Waals surface area contributed by atoms with Crippen LogP contribution in [0.25, 0.3) is 0 Å². The molecule has 0 aromatic rings. The summed E-state index contributed by atoms with van der Waals surface area (Å²) < 4.78 is 0. The van der Waals surface area contributed by atoms with Gasteiger partial charge in [-0.3, -0.25) is 0 Å². The van der Waals surface area contributed by atoms with Crippen LogP contribution in [-0.4, -0.2) is 11.2 Å². The maximum absolute atomic E-state index is 10.1. The van der Waals surface area contributed by atoms with Gasteiger partial charge in [0.05, 0.1) is 6.10 Å². The van der Waals surface area contributed by atoms with Gasteiger partial charge in [0.15, 0.2) is 0 Å². The Bertz CT molecular complexity index is 324. The average Bonchev–Trinajstić information content (AvgIpc) is 2.24. The van der Waals surface area contributed by atoms with E-state index in [1.165, 1.54) is 24.8 Å². The normalized spacial score (nSPS) is 41.9. The van der Waals surface area contributed by atoms with Gasteiger partial charge in [0.1, 0.15) is 0 Å². The fourth-order valence-electron chi connectivity index (χ4n) is 3.42. The molecule has 3 unspecified atom stereocenters. The van der Waals surface area contributed by atoms with Crippen molar-refractivity contribution in [3.63, 3.8) is 0 Å². The molecule has 0 amide bonds. The van der Waals surface area contributed by atoms with Gasteiger partial charge < -0.3 is 5.11 Å². The summed E-state index contributed by atoms with van der Waals surface area (Å²) in [5.41, 5.74) is 2.95. The molecular weight excluding hydrogens is 196 g/mol. The summed E-state index contributed by atoms with van der Waals surface area (Å²) in [5.74, 6) is 1.28. The minimum Gasteiger partial charge on any atom is -0.388 e. The third-order valence-electron chi connectivity index (χ3n) is 4.68. The third kappa shape index (κ3) is 1.98. The second-order valence-corrected chi connectivity index (χ2v) is 6.32. The van der Waals surface area contributed by atoms with Gasteiger partial charge in [-0.05, 0) is 55.4 Å². The largest absolute Gasteiger partial charge is 0.388 e. The molecule has 0 aliphatic heterocycles. The zero-order valence-electron chi connectivity index (χ0n) is 10.8. The number of fused-ring (bicyclic) bond motifs is 1. The maximum Gasteiger partial charge on any atom is 0.0784 e. The van der Waals surface area contributed by atoms with Crippen LogP contribution in [0.15, 0.2) is 23.8 Å². The van der Waals surface area contributed by atoms with E-state index in [0.29, 0.717) is 11.3 Å². The first-order chi connectivity index (χ1) is 7.42. The van der Waals surface area contributed by atoms with Crippen LogP contribution in [0.4, 0.5) is 0 Å². The second-order valence-electron chi connectivity index (χ2n) is 6.32. The molecule has 2 rings (SSSR count). The highest BCUT2D eigenvalue weighted by Gasteiger charge is 2.48. The molecule has 16 heavy (non-hydrogen) atoms. The Kier molecular flexibility index (Phi) is 3.00. The van der Waals surface area contributed by atoms with E-state index in [9.17, 15) is 5.11 Å². The van der Waals surface area contributed by atoms with Gasteiger partial charge in [-0.1, -0.05) is 32.1 Å². The van der Waals surface area contributed by atoms with E-state index in [2.05, 4.69) is 33.4 Å². The summed E-state index contributed by atoms with van der Waals surface area (Å²) in [5, 5.41) is 10.1. The number of hydrogen-bond donors (Lipinski definition) is 1. The van der Waals surface area contributed by atoms with Crippen molar-refractivity contribution in [3.8, 4) is 0 Å². The van der Waals surface area contributed by atoms with Crippen LogP contribution < -0.4 is 0 Å². The van der Waals surface area contributed by atoms with E-state index >= 15 is 0 Å². The van der Waals surface area contributed by atoms with Crippen molar-refractivity contribution in [3.05, 3.63) is 23.8 Å².